The molecule has 0 N–H and O–H groups in total. The molecular formula is C53H98O4. The van der Waals surface area contributed by atoms with Crippen molar-refractivity contribution in [1.29, 1.82) is 0 Å². The van der Waals surface area contributed by atoms with E-state index in [0.29, 0.717) is 13.2 Å². The molecule has 4 nitrogen and oxygen atoms in total. The van der Waals surface area contributed by atoms with Crippen molar-refractivity contribution in [3.63, 3.8) is 0 Å². The Morgan fingerprint density at radius 1 is 0.351 bits per heavy atom. The van der Waals surface area contributed by atoms with Crippen LogP contribution < -0.4 is 9.47 Å². The predicted octanol–water partition coefficient (Wildman–Crippen LogP) is 17.8. The number of methoxy groups -OCH3 is 1. The van der Waals surface area contributed by atoms with Crippen molar-refractivity contribution in [3.05, 3.63) is 23.8 Å². The quantitative estimate of drug-likeness (QED) is 0.0487. The Morgan fingerprint density at radius 3 is 0.807 bits per heavy atom. The number of hydrogen-bond acceptors (Lipinski definition) is 4. The fourth-order valence-electron chi connectivity index (χ4n) is 8.23. The summed E-state index contributed by atoms with van der Waals surface area (Å²) in [6.45, 7) is 6.01. The molecule has 0 aliphatic rings. The van der Waals surface area contributed by atoms with Crippen molar-refractivity contribution < 1.29 is 19.0 Å². The molecule has 0 spiro atoms. The van der Waals surface area contributed by atoms with E-state index in [-0.39, 0.29) is 12.4 Å². The van der Waals surface area contributed by atoms with E-state index in [0.717, 1.165) is 29.9 Å². The van der Waals surface area contributed by atoms with Crippen molar-refractivity contribution in [2.75, 3.05) is 20.3 Å². The zero-order valence-electron chi connectivity index (χ0n) is 38.8. The van der Waals surface area contributed by atoms with E-state index in [1.165, 1.54) is 251 Å². The van der Waals surface area contributed by atoms with Crippen molar-refractivity contribution >= 4 is 5.97 Å². The van der Waals surface area contributed by atoms with Gasteiger partial charge in [-0.1, -0.05) is 258 Å². The predicted molar refractivity (Wildman–Crippen MR) is 249 cm³/mol. The molecule has 0 bridgehead atoms. The number of carbonyl (C=O) groups excluding carboxylic acids is 1. The topological polar surface area (TPSA) is 44.8 Å². The van der Waals surface area contributed by atoms with Gasteiger partial charge in [0.1, 0.15) is 11.5 Å². The van der Waals surface area contributed by atoms with Crippen LogP contribution in [0, 0.1) is 0 Å². The van der Waals surface area contributed by atoms with Gasteiger partial charge in [-0.15, -0.1) is 0 Å². The SMILES string of the molecule is CCCCCCCCCCCCCCCCCCCCCCOc1cc(CC(=O)OC)cc(OCCCCCCCCCCCCCCCCCCCCCC)c1. The minimum Gasteiger partial charge on any atom is -0.493 e. The smallest absolute Gasteiger partial charge is 0.309 e. The zero-order chi connectivity index (χ0) is 41.0. The first-order valence-electron chi connectivity index (χ1n) is 25.7. The lowest BCUT2D eigenvalue weighted by atomic mass is 10.0. The van der Waals surface area contributed by atoms with Crippen molar-refractivity contribution in [3.8, 4) is 11.5 Å². The van der Waals surface area contributed by atoms with Crippen LogP contribution in [0.3, 0.4) is 0 Å². The van der Waals surface area contributed by atoms with Gasteiger partial charge in [-0.05, 0) is 30.5 Å². The highest BCUT2D eigenvalue weighted by atomic mass is 16.5. The maximum absolute atomic E-state index is 12.0. The Balaban J connectivity index is 2.02. The van der Waals surface area contributed by atoms with Crippen molar-refractivity contribution in [2.24, 2.45) is 0 Å². The highest BCUT2D eigenvalue weighted by Crippen LogP contribution is 2.25. The summed E-state index contributed by atoms with van der Waals surface area (Å²) < 4.78 is 17.2. The molecule has 1 aromatic rings. The van der Waals surface area contributed by atoms with Gasteiger partial charge in [0.05, 0.1) is 26.7 Å². The highest BCUT2D eigenvalue weighted by Gasteiger charge is 2.09. The Hall–Kier alpha value is -1.71. The van der Waals surface area contributed by atoms with Gasteiger partial charge in [0, 0.05) is 6.07 Å². The number of unbranched alkanes of at least 4 members (excludes halogenated alkanes) is 38. The lowest BCUT2D eigenvalue weighted by Crippen LogP contribution is -2.06. The fourth-order valence-corrected chi connectivity index (χ4v) is 8.23. The second kappa shape index (κ2) is 43.9. The maximum atomic E-state index is 12.0. The van der Waals surface area contributed by atoms with Crippen LogP contribution in [0.4, 0.5) is 0 Å². The third-order valence-electron chi connectivity index (χ3n) is 12.0. The number of benzene rings is 1. The third-order valence-corrected chi connectivity index (χ3v) is 12.0. The fraction of sp³-hybridized carbons (Fsp3) is 0.868. The monoisotopic (exact) mass is 799 g/mol. The molecule has 0 aromatic heterocycles. The minimum atomic E-state index is -0.235. The normalized spacial score (nSPS) is 11.4. The molecule has 0 amide bonds. The number of ether oxygens (including phenoxy) is 3. The lowest BCUT2D eigenvalue weighted by Gasteiger charge is -2.12. The van der Waals surface area contributed by atoms with Gasteiger partial charge in [0.25, 0.3) is 0 Å². The van der Waals surface area contributed by atoms with Gasteiger partial charge in [-0.3, -0.25) is 4.79 Å². The maximum Gasteiger partial charge on any atom is 0.309 e. The van der Waals surface area contributed by atoms with E-state index in [1.807, 2.05) is 18.2 Å². The van der Waals surface area contributed by atoms with Crippen LogP contribution in [0.1, 0.15) is 276 Å². The summed E-state index contributed by atoms with van der Waals surface area (Å²) >= 11 is 0. The summed E-state index contributed by atoms with van der Waals surface area (Å²) in [5.74, 6) is 1.36. The van der Waals surface area contributed by atoms with Crippen LogP contribution in [-0.4, -0.2) is 26.3 Å². The van der Waals surface area contributed by atoms with Crippen LogP contribution in [-0.2, 0) is 16.0 Å². The number of carbonyl (C=O) groups is 1. The largest absolute Gasteiger partial charge is 0.493 e. The molecule has 0 aliphatic heterocycles. The van der Waals surface area contributed by atoms with Crippen LogP contribution >= 0.6 is 0 Å². The van der Waals surface area contributed by atoms with E-state index < -0.39 is 0 Å². The van der Waals surface area contributed by atoms with Gasteiger partial charge in [0.15, 0.2) is 0 Å². The summed E-state index contributed by atoms with van der Waals surface area (Å²) in [6, 6.07) is 5.93. The molecule has 0 unspecified atom stereocenters. The molecule has 334 valence electrons. The van der Waals surface area contributed by atoms with E-state index in [4.69, 9.17) is 14.2 Å². The Bertz CT molecular complexity index is 896. The summed E-state index contributed by atoms with van der Waals surface area (Å²) in [7, 11) is 1.44. The molecule has 0 heterocycles. The molecule has 0 radical (unpaired) electrons. The summed E-state index contributed by atoms with van der Waals surface area (Å²) in [5, 5.41) is 0. The Morgan fingerprint density at radius 2 is 0.579 bits per heavy atom. The van der Waals surface area contributed by atoms with E-state index in [2.05, 4.69) is 13.8 Å². The standard InChI is InChI=1S/C53H98O4/c1-4-6-8-10-12-14-16-18-20-22-24-26-28-30-32-34-36-38-40-42-44-56-51-46-50(48-53(54)55-3)47-52(49-51)57-45-43-41-39-37-35-33-31-29-27-25-23-21-19-17-15-13-11-9-7-5-2/h46-47,49H,4-45,48H2,1-3H3. The minimum absolute atomic E-state index is 0.235. The van der Waals surface area contributed by atoms with Gasteiger partial charge in [-0.2, -0.15) is 0 Å². The van der Waals surface area contributed by atoms with Crippen LogP contribution in [0.2, 0.25) is 0 Å². The van der Waals surface area contributed by atoms with Crippen LogP contribution in [0.25, 0.3) is 0 Å². The highest BCUT2D eigenvalue weighted by molar-refractivity contribution is 5.72. The lowest BCUT2D eigenvalue weighted by molar-refractivity contribution is -0.139. The summed E-state index contributed by atoms with van der Waals surface area (Å²) in [6.07, 6.45) is 55.8. The number of esters is 1. The third kappa shape index (κ3) is 38.3. The number of hydrogen-bond donors (Lipinski definition) is 0. The molecule has 0 atom stereocenters. The first-order chi connectivity index (χ1) is 28.2. The Labute approximate surface area is 356 Å². The molecule has 0 saturated carbocycles. The van der Waals surface area contributed by atoms with E-state index in [1.54, 1.807) is 0 Å². The molecule has 1 rings (SSSR count). The Kier molecular flexibility index (Phi) is 41.0. The molecule has 1 aromatic carbocycles. The van der Waals surface area contributed by atoms with Gasteiger partial charge in [-0.25, -0.2) is 0 Å². The summed E-state index contributed by atoms with van der Waals surface area (Å²) in [4.78, 5) is 12.0. The van der Waals surface area contributed by atoms with E-state index >= 15 is 0 Å². The van der Waals surface area contributed by atoms with E-state index in [9.17, 15) is 4.79 Å². The van der Waals surface area contributed by atoms with Gasteiger partial charge in [0.2, 0.25) is 0 Å². The van der Waals surface area contributed by atoms with Crippen molar-refractivity contribution in [2.45, 2.75) is 277 Å². The first-order valence-corrected chi connectivity index (χ1v) is 25.7. The molecule has 4 heteroatoms. The number of rotatable bonds is 46. The molecular weight excluding hydrogens is 701 g/mol. The average molecular weight is 799 g/mol. The molecule has 0 saturated heterocycles. The van der Waals surface area contributed by atoms with Gasteiger partial charge < -0.3 is 14.2 Å². The molecule has 57 heavy (non-hydrogen) atoms. The molecule has 0 aliphatic carbocycles. The first kappa shape index (κ1) is 53.3. The van der Waals surface area contributed by atoms with Crippen LogP contribution in [0.5, 0.6) is 11.5 Å². The second-order valence-electron chi connectivity index (χ2n) is 17.7. The zero-order valence-corrected chi connectivity index (χ0v) is 38.8. The van der Waals surface area contributed by atoms with Crippen molar-refractivity contribution in [1.82, 2.24) is 0 Å². The molecule has 0 fully saturated rings. The van der Waals surface area contributed by atoms with Crippen LogP contribution in [0.15, 0.2) is 18.2 Å². The second-order valence-corrected chi connectivity index (χ2v) is 17.7. The van der Waals surface area contributed by atoms with Gasteiger partial charge >= 0.3 is 5.97 Å². The average Bonchev–Trinajstić information content (AvgIpc) is 3.21. The summed E-state index contributed by atoms with van der Waals surface area (Å²) in [5.41, 5.74) is 0.890.